The number of aromatic nitrogens is 2. The first-order valence-corrected chi connectivity index (χ1v) is 10.9. The van der Waals surface area contributed by atoms with Crippen LogP contribution in [0.1, 0.15) is 17.5 Å². The Hall–Kier alpha value is -4.38. The number of phenols is 1. The second kappa shape index (κ2) is 8.44. The number of nitrogens with zero attached hydrogens (tertiary/aromatic N) is 3. The predicted octanol–water partition coefficient (Wildman–Crippen LogP) is 2.50. The number of hydrogen-bond donors (Lipinski definition) is 4. The van der Waals surface area contributed by atoms with Crippen molar-refractivity contribution in [3.63, 3.8) is 0 Å². The molecule has 2 aromatic carbocycles. The van der Waals surface area contributed by atoms with Gasteiger partial charge in [0, 0.05) is 41.4 Å². The molecule has 180 valence electrons. The normalized spacial score (nSPS) is 13.8. The van der Waals surface area contributed by atoms with Crippen molar-refractivity contribution in [3.05, 3.63) is 57.8 Å². The summed E-state index contributed by atoms with van der Waals surface area (Å²) in [7, 11) is 1.45. The molecule has 6 N–H and O–H groups in total. The first-order chi connectivity index (χ1) is 16.8. The van der Waals surface area contributed by atoms with Gasteiger partial charge in [0.05, 0.1) is 18.3 Å². The smallest absolute Gasteiger partial charge is 0.349 e. The van der Waals surface area contributed by atoms with E-state index in [0.29, 0.717) is 27.7 Å². The summed E-state index contributed by atoms with van der Waals surface area (Å²) in [6.45, 7) is 3.22. The van der Waals surface area contributed by atoms with Gasteiger partial charge in [0.25, 0.3) is 0 Å². The van der Waals surface area contributed by atoms with Crippen molar-refractivity contribution < 1.29 is 18.7 Å². The summed E-state index contributed by atoms with van der Waals surface area (Å²) >= 11 is 0. The van der Waals surface area contributed by atoms with Gasteiger partial charge in [0.2, 0.25) is 0 Å². The molecule has 0 aliphatic carbocycles. The van der Waals surface area contributed by atoms with E-state index < -0.39 is 11.4 Å². The fraction of sp³-hybridized carbons (Fsp3) is 0.208. The Morgan fingerprint density at radius 2 is 2.06 bits per heavy atom. The van der Waals surface area contributed by atoms with Gasteiger partial charge >= 0.3 is 11.6 Å². The number of methoxy groups -OCH3 is 1. The highest BCUT2D eigenvalue weighted by molar-refractivity contribution is 6.05. The van der Waals surface area contributed by atoms with Crippen LogP contribution in [0.15, 0.2) is 39.7 Å². The Bertz CT molecular complexity index is 1580. The monoisotopic (exact) mass is 478 g/mol. The highest BCUT2D eigenvalue weighted by Crippen LogP contribution is 2.40. The number of rotatable bonds is 5. The largest absolute Gasteiger partial charge is 0.508 e. The molecule has 35 heavy (non-hydrogen) atoms. The summed E-state index contributed by atoms with van der Waals surface area (Å²) < 4.78 is 26.1. The number of aryl methyl sites for hydroxylation is 1. The van der Waals surface area contributed by atoms with Gasteiger partial charge in [-0.3, -0.25) is 5.84 Å². The Kier molecular flexibility index (Phi) is 5.40. The van der Waals surface area contributed by atoms with Crippen LogP contribution in [0.5, 0.6) is 11.8 Å². The molecular weight excluding hydrogens is 455 g/mol. The predicted molar refractivity (Wildman–Crippen MR) is 130 cm³/mol. The molecule has 5 rings (SSSR count). The van der Waals surface area contributed by atoms with Crippen molar-refractivity contribution in [1.29, 1.82) is 0 Å². The molecule has 10 nitrogen and oxygen atoms in total. The van der Waals surface area contributed by atoms with Gasteiger partial charge in [-0.05, 0) is 36.9 Å². The first-order valence-electron chi connectivity index (χ1n) is 10.9. The van der Waals surface area contributed by atoms with E-state index in [-0.39, 0.29) is 39.7 Å². The van der Waals surface area contributed by atoms with E-state index in [2.05, 4.69) is 15.4 Å². The van der Waals surface area contributed by atoms with Crippen molar-refractivity contribution in [2.75, 3.05) is 25.1 Å². The van der Waals surface area contributed by atoms with E-state index >= 15 is 4.39 Å². The van der Waals surface area contributed by atoms with Crippen LogP contribution in [0.25, 0.3) is 38.7 Å². The van der Waals surface area contributed by atoms with Crippen LogP contribution in [0.2, 0.25) is 0 Å². The van der Waals surface area contributed by atoms with E-state index in [1.807, 2.05) is 4.90 Å². The fourth-order valence-electron chi connectivity index (χ4n) is 4.37. The number of hydrogen-bond acceptors (Lipinski definition) is 10. The zero-order valence-electron chi connectivity index (χ0n) is 19.1. The summed E-state index contributed by atoms with van der Waals surface area (Å²) in [6, 6.07) is 5.70. The molecule has 2 aromatic heterocycles. The van der Waals surface area contributed by atoms with E-state index in [4.69, 9.17) is 20.7 Å². The summed E-state index contributed by atoms with van der Waals surface area (Å²) in [5.74, 6) is 5.20. The molecule has 0 radical (unpaired) electrons. The number of anilines is 1. The lowest BCUT2D eigenvalue weighted by Crippen LogP contribution is -2.38. The van der Waals surface area contributed by atoms with Crippen molar-refractivity contribution in [2.24, 2.45) is 11.6 Å². The molecule has 1 saturated heterocycles. The van der Waals surface area contributed by atoms with E-state index in [9.17, 15) is 9.90 Å². The van der Waals surface area contributed by atoms with Crippen LogP contribution >= 0.6 is 0 Å². The van der Waals surface area contributed by atoms with Crippen molar-refractivity contribution in [3.8, 4) is 23.1 Å². The SMILES string of the molecule is COc1nc(N2CCC2)c2c(=O)oc(-c3cc(O)cc4ccc(F)c(/C(N)=C/NN)c34)c(C)c2n1. The van der Waals surface area contributed by atoms with Crippen LogP contribution in [0, 0.1) is 12.7 Å². The molecule has 0 saturated carbocycles. The minimum atomic E-state index is -0.660. The van der Waals surface area contributed by atoms with Crippen molar-refractivity contribution in [2.45, 2.75) is 13.3 Å². The number of phenolic OH excluding ortho intramolecular Hbond substituents is 1. The summed E-state index contributed by atoms with van der Waals surface area (Å²) in [4.78, 5) is 24.0. The number of ether oxygens (including phenoxy) is 1. The third-order valence-electron chi connectivity index (χ3n) is 6.13. The van der Waals surface area contributed by atoms with E-state index in [0.717, 1.165) is 19.5 Å². The standard InChI is InChI=1S/C24H23FN6O4/c1-11-20-19(22(31-6-3-7-31)30-24(29-20)34-2)23(33)35-21(11)14-9-13(32)8-12-4-5-15(25)18(17(12)14)16(26)10-28-27/h4-5,8-10,28,32H,3,6-7,26-27H2,1-2H3/b16-10-. The molecule has 11 heteroatoms. The van der Waals surface area contributed by atoms with Crippen LogP contribution in [0.4, 0.5) is 10.2 Å². The van der Waals surface area contributed by atoms with Crippen LogP contribution < -0.4 is 32.3 Å². The third-order valence-corrected chi connectivity index (χ3v) is 6.13. The quantitative estimate of drug-likeness (QED) is 0.249. The average Bonchev–Trinajstić information content (AvgIpc) is 2.79. The van der Waals surface area contributed by atoms with Crippen LogP contribution in [-0.2, 0) is 0 Å². The van der Waals surface area contributed by atoms with E-state index in [1.165, 1.54) is 37.6 Å². The average molecular weight is 478 g/mol. The molecule has 0 unspecified atom stereocenters. The lowest BCUT2D eigenvalue weighted by atomic mass is 9.93. The maximum absolute atomic E-state index is 15.0. The number of halogens is 1. The molecule has 0 atom stereocenters. The lowest BCUT2D eigenvalue weighted by molar-refractivity contribution is 0.380. The number of nitrogens with one attached hydrogen (secondary N) is 1. The van der Waals surface area contributed by atoms with Gasteiger partial charge in [-0.25, -0.2) is 9.18 Å². The highest BCUT2D eigenvalue weighted by atomic mass is 19.1. The fourth-order valence-corrected chi connectivity index (χ4v) is 4.37. The zero-order chi connectivity index (χ0) is 24.9. The maximum Gasteiger partial charge on any atom is 0.349 e. The first kappa shape index (κ1) is 22.4. The number of nitrogens with two attached hydrogens (primary N) is 2. The molecular formula is C24H23FN6O4. The lowest BCUT2D eigenvalue weighted by Gasteiger charge is -2.32. The van der Waals surface area contributed by atoms with Gasteiger partial charge in [-0.15, -0.1) is 0 Å². The van der Waals surface area contributed by atoms with Gasteiger partial charge in [-0.1, -0.05) is 6.07 Å². The molecule has 1 fully saturated rings. The summed E-state index contributed by atoms with van der Waals surface area (Å²) in [5.41, 5.74) is 8.91. The second-order valence-electron chi connectivity index (χ2n) is 8.22. The third kappa shape index (κ3) is 3.56. The number of fused-ring (bicyclic) bond motifs is 2. The summed E-state index contributed by atoms with van der Waals surface area (Å²) in [6.07, 6.45) is 2.22. The Morgan fingerprint density at radius 3 is 2.71 bits per heavy atom. The zero-order valence-corrected chi connectivity index (χ0v) is 19.1. The molecule has 4 aromatic rings. The molecule has 1 aliphatic rings. The Balaban J connectivity index is 1.90. The van der Waals surface area contributed by atoms with Crippen molar-refractivity contribution >= 4 is 33.2 Å². The van der Waals surface area contributed by atoms with Gasteiger partial charge in [-0.2, -0.15) is 9.97 Å². The molecule has 0 bridgehead atoms. The van der Waals surface area contributed by atoms with E-state index in [1.54, 1.807) is 6.92 Å². The summed E-state index contributed by atoms with van der Waals surface area (Å²) in [5, 5.41) is 11.5. The molecule has 3 heterocycles. The van der Waals surface area contributed by atoms with Crippen molar-refractivity contribution in [1.82, 2.24) is 15.4 Å². The molecule has 0 spiro atoms. The Morgan fingerprint density at radius 1 is 1.29 bits per heavy atom. The van der Waals surface area contributed by atoms with Gasteiger partial charge in [0.1, 0.15) is 22.7 Å². The highest BCUT2D eigenvalue weighted by Gasteiger charge is 2.27. The second-order valence-corrected chi connectivity index (χ2v) is 8.22. The minimum absolute atomic E-state index is 0.0207. The minimum Gasteiger partial charge on any atom is -0.508 e. The van der Waals surface area contributed by atoms with Crippen LogP contribution in [0.3, 0.4) is 0 Å². The maximum atomic E-state index is 15.0. The van der Waals surface area contributed by atoms with Gasteiger partial charge < -0.3 is 30.3 Å². The number of aromatic hydroxyl groups is 1. The number of benzene rings is 2. The van der Waals surface area contributed by atoms with Crippen LogP contribution in [-0.4, -0.2) is 35.3 Å². The number of hydrazine groups is 1. The Labute approximate surface area is 198 Å². The molecule has 0 amide bonds. The van der Waals surface area contributed by atoms with Gasteiger partial charge in [0.15, 0.2) is 5.82 Å². The molecule has 1 aliphatic heterocycles. The topological polar surface area (TPSA) is 153 Å².